The molecule has 0 aliphatic carbocycles. The summed E-state index contributed by atoms with van der Waals surface area (Å²) in [6, 6.07) is 14.4. The Morgan fingerprint density at radius 3 is 2.05 bits per heavy atom. The summed E-state index contributed by atoms with van der Waals surface area (Å²) in [5.41, 5.74) is 1.96. The van der Waals surface area contributed by atoms with E-state index in [2.05, 4.69) is 31.1 Å². The molecule has 39 heavy (non-hydrogen) atoms. The van der Waals surface area contributed by atoms with Crippen LogP contribution >= 0.6 is 0 Å². The van der Waals surface area contributed by atoms with Crippen molar-refractivity contribution >= 4 is 18.0 Å². The number of rotatable bonds is 10. The molecule has 1 aliphatic rings. The number of urea groups is 1. The Labute approximate surface area is 228 Å². The second-order valence-corrected chi connectivity index (χ2v) is 9.81. The van der Waals surface area contributed by atoms with Gasteiger partial charge in [-0.25, -0.2) is 18.8 Å². The van der Waals surface area contributed by atoms with Gasteiger partial charge in [-0.15, -0.1) is 0 Å². The van der Waals surface area contributed by atoms with Crippen LogP contribution in [0.5, 0.6) is 5.75 Å². The molecule has 0 bridgehead atoms. The monoisotopic (exact) mass is 543 g/mol. The van der Waals surface area contributed by atoms with Gasteiger partial charge < -0.3 is 30.1 Å². The fraction of sp³-hybridized carbons (Fsp3) is 0.414. The fourth-order valence-corrected chi connectivity index (χ4v) is 3.85. The van der Waals surface area contributed by atoms with Gasteiger partial charge in [0, 0.05) is 31.3 Å². The maximum atomic E-state index is 13.1. The zero-order valence-corrected chi connectivity index (χ0v) is 22.7. The average molecular weight is 544 g/mol. The smallest absolute Gasteiger partial charge is 0.328 e. The van der Waals surface area contributed by atoms with Crippen molar-refractivity contribution < 1.29 is 33.7 Å². The minimum Gasteiger partial charge on any atom is -0.493 e. The molecule has 0 radical (unpaired) electrons. The van der Waals surface area contributed by atoms with Crippen molar-refractivity contribution in [3.63, 3.8) is 0 Å². The molecule has 0 unspecified atom stereocenters. The maximum Gasteiger partial charge on any atom is 0.328 e. The van der Waals surface area contributed by atoms with Crippen molar-refractivity contribution in [2.75, 3.05) is 26.7 Å². The number of piperidine rings is 1. The molecule has 2 amide bonds. The minimum atomic E-state index is -1.26. The maximum absolute atomic E-state index is 13.1. The number of halogens is 1. The fourth-order valence-electron chi connectivity index (χ4n) is 3.85. The van der Waals surface area contributed by atoms with Gasteiger partial charge in [0.2, 0.25) is 0 Å². The summed E-state index contributed by atoms with van der Waals surface area (Å²) >= 11 is 0. The molecular formula is C29H38FN3O6. The molecule has 3 rings (SSSR count). The van der Waals surface area contributed by atoms with E-state index in [4.69, 9.17) is 14.9 Å². The lowest BCUT2D eigenvalue weighted by Crippen LogP contribution is -2.49. The predicted octanol–water partition coefficient (Wildman–Crippen LogP) is 4.38. The molecule has 0 aromatic heterocycles. The number of carbonyl (C=O) groups is 3. The second kappa shape index (κ2) is 16.1. The van der Waals surface area contributed by atoms with E-state index < -0.39 is 11.9 Å². The van der Waals surface area contributed by atoms with E-state index in [1.54, 1.807) is 12.1 Å². The lowest BCUT2D eigenvalue weighted by Gasteiger charge is -2.37. The minimum absolute atomic E-state index is 0.0842. The normalized spacial score (nSPS) is 14.0. The molecule has 0 spiro atoms. The van der Waals surface area contributed by atoms with Crippen LogP contribution in [0.4, 0.5) is 9.18 Å². The molecule has 1 fully saturated rings. The number of nitrogens with one attached hydrogen (secondary N) is 1. The zero-order valence-electron chi connectivity index (χ0n) is 22.7. The van der Waals surface area contributed by atoms with E-state index in [1.807, 2.05) is 29.2 Å². The molecular weight excluding hydrogens is 505 g/mol. The first kappa shape index (κ1) is 31.3. The number of carboxylic acid groups (broad SMARTS) is 2. The molecule has 0 saturated carbocycles. The van der Waals surface area contributed by atoms with E-state index in [1.165, 1.54) is 12.1 Å². The van der Waals surface area contributed by atoms with Gasteiger partial charge in [-0.3, -0.25) is 0 Å². The largest absolute Gasteiger partial charge is 0.493 e. The first-order valence-electron chi connectivity index (χ1n) is 12.9. The van der Waals surface area contributed by atoms with E-state index in [9.17, 15) is 18.8 Å². The molecule has 2 aromatic rings. The summed E-state index contributed by atoms with van der Waals surface area (Å²) in [7, 11) is 2.12. The number of likely N-dealkylation sites (tertiary alicyclic amines) is 1. The number of carbonyl (C=O) groups excluding carboxylic acids is 1. The number of nitrogens with zero attached hydrogens (tertiary/aromatic N) is 2. The van der Waals surface area contributed by atoms with Gasteiger partial charge >= 0.3 is 18.0 Å². The molecule has 212 valence electrons. The lowest BCUT2D eigenvalue weighted by molar-refractivity contribution is -0.134. The number of hydrogen-bond acceptors (Lipinski definition) is 5. The second-order valence-electron chi connectivity index (χ2n) is 9.81. The Balaban J connectivity index is 0.000000580. The molecule has 10 heteroatoms. The molecule has 0 atom stereocenters. The highest BCUT2D eigenvalue weighted by molar-refractivity contribution is 5.89. The molecule has 2 aromatic carbocycles. The van der Waals surface area contributed by atoms with Crippen molar-refractivity contribution in [1.29, 1.82) is 0 Å². The molecule has 1 heterocycles. The molecule has 1 saturated heterocycles. The predicted molar refractivity (Wildman–Crippen MR) is 146 cm³/mol. The summed E-state index contributed by atoms with van der Waals surface area (Å²) in [6.45, 7) is 7.82. The highest BCUT2D eigenvalue weighted by atomic mass is 19.1. The molecule has 9 nitrogen and oxygen atoms in total. The lowest BCUT2D eigenvalue weighted by atomic mass is 10.0. The standard InChI is InChI=1S/C25H34FN3O2.C4H4O4/c1-19(2)18-31-24-10-6-21(7-11-24)17-29(23-12-14-28(3)15-13-23)25(30)27-16-20-4-8-22(26)9-5-20;5-3(6)1-2-4(7)8/h4-11,19,23H,12-18H2,1-3H3,(H,27,30);1-2H,(H,5,6)(H,7,8)/b;2-1-. The van der Waals surface area contributed by atoms with Gasteiger partial charge in [-0.05, 0) is 74.3 Å². The molecule has 1 aliphatic heterocycles. The van der Waals surface area contributed by atoms with Crippen LogP contribution in [0.3, 0.4) is 0 Å². The van der Waals surface area contributed by atoms with Crippen molar-refractivity contribution in [1.82, 2.24) is 15.1 Å². The van der Waals surface area contributed by atoms with Crippen molar-refractivity contribution in [3.05, 3.63) is 77.6 Å². The zero-order chi connectivity index (χ0) is 28.8. The quantitative estimate of drug-likeness (QED) is 0.381. The Morgan fingerprint density at radius 2 is 1.54 bits per heavy atom. The third-order valence-corrected chi connectivity index (χ3v) is 5.97. The number of carboxylic acids is 2. The van der Waals surface area contributed by atoms with Gasteiger partial charge in [-0.1, -0.05) is 38.1 Å². The first-order chi connectivity index (χ1) is 18.5. The van der Waals surface area contributed by atoms with Crippen LogP contribution in [0.2, 0.25) is 0 Å². The third kappa shape index (κ3) is 12.4. The van der Waals surface area contributed by atoms with E-state index in [-0.39, 0.29) is 17.9 Å². The molecule has 3 N–H and O–H groups in total. The SMILES string of the molecule is CC(C)COc1ccc(CN(C(=O)NCc2ccc(F)cc2)C2CCN(C)CC2)cc1.O=C(O)/C=C\C(=O)O. The van der Waals surface area contributed by atoms with Crippen LogP contribution in [0.15, 0.2) is 60.7 Å². The van der Waals surface area contributed by atoms with Gasteiger partial charge in [0.25, 0.3) is 0 Å². The van der Waals surface area contributed by atoms with E-state index >= 15 is 0 Å². The van der Waals surface area contributed by atoms with Crippen molar-refractivity contribution in [3.8, 4) is 5.75 Å². The van der Waals surface area contributed by atoms with Gasteiger partial charge in [0.15, 0.2) is 0 Å². The Hall–Kier alpha value is -3.92. The van der Waals surface area contributed by atoms with Crippen LogP contribution in [-0.4, -0.2) is 70.8 Å². The number of hydrogen-bond donors (Lipinski definition) is 3. The number of aliphatic carboxylic acids is 2. The van der Waals surface area contributed by atoms with Crippen LogP contribution < -0.4 is 10.1 Å². The van der Waals surface area contributed by atoms with E-state index in [0.717, 1.165) is 42.8 Å². The van der Waals surface area contributed by atoms with Crippen LogP contribution in [-0.2, 0) is 22.7 Å². The summed E-state index contributed by atoms with van der Waals surface area (Å²) in [4.78, 5) is 36.5. The highest BCUT2D eigenvalue weighted by Crippen LogP contribution is 2.21. The number of benzene rings is 2. The van der Waals surface area contributed by atoms with Crippen molar-refractivity contribution in [2.24, 2.45) is 5.92 Å². The number of ether oxygens (including phenoxy) is 1. The van der Waals surface area contributed by atoms with Crippen LogP contribution in [0, 0.1) is 11.7 Å². The summed E-state index contributed by atoms with van der Waals surface area (Å²) in [5.74, 6) is -1.46. The summed E-state index contributed by atoms with van der Waals surface area (Å²) in [5, 5.41) is 18.6. The summed E-state index contributed by atoms with van der Waals surface area (Å²) < 4.78 is 18.9. The number of amides is 2. The van der Waals surface area contributed by atoms with Crippen LogP contribution in [0.25, 0.3) is 0 Å². The van der Waals surface area contributed by atoms with Gasteiger partial charge in [-0.2, -0.15) is 0 Å². The van der Waals surface area contributed by atoms with Gasteiger partial charge in [0.1, 0.15) is 11.6 Å². The van der Waals surface area contributed by atoms with E-state index in [0.29, 0.717) is 37.8 Å². The van der Waals surface area contributed by atoms with Crippen molar-refractivity contribution in [2.45, 2.75) is 45.8 Å². The Morgan fingerprint density at radius 1 is 1.00 bits per heavy atom. The topological polar surface area (TPSA) is 119 Å². The Bertz CT molecular complexity index is 1070. The van der Waals surface area contributed by atoms with Crippen LogP contribution in [0.1, 0.15) is 37.8 Å². The third-order valence-electron chi connectivity index (χ3n) is 5.97. The van der Waals surface area contributed by atoms with Gasteiger partial charge in [0.05, 0.1) is 6.61 Å². The summed E-state index contributed by atoms with van der Waals surface area (Å²) in [6.07, 6.45) is 3.02. The highest BCUT2D eigenvalue weighted by Gasteiger charge is 2.27. The first-order valence-corrected chi connectivity index (χ1v) is 12.9. The Kier molecular flexibility index (Phi) is 12.9. The average Bonchev–Trinajstić information content (AvgIpc) is 2.90.